The molecule has 0 radical (unpaired) electrons. The highest BCUT2D eigenvalue weighted by Gasteiger charge is 2.26. The molecule has 1 aromatic rings. The van der Waals surface area contributed by atoms with Gasteiger partial charge in [0.1, 0.15) is 11.9 Å². The van der Waals surface area contributed by atoms with Crippen LogP contribution >= 0.6 is 0 Å². The monoisotopic (exact) mass is 206 g/mol. The first kappa shape index (κ1) is 10.5. The number of hydrogen-bond acceptors (Lipinski definition) is 2. The van der Waals surface area contributed by atoms with Gasteiger partial charge in [0.2, 0.25) is 0 Å². The van der Waals surface area contributed by atoms with E-state index in [0.29, 0.717) is 0 Å². The molecule has 1 saturated carbocycles. The molecule has 1 N–H and O–H groups in total. The minimum absolute atomic E-state index is 0.00234. The van der Waals surface area contributed by atoms with Crippen LogP contribution in [-0.4, -0.2) is 17.3 Å². The van der Waals surface area contributed by atoms with Crippen molar-refractivity contribution in [3.63, 3.8) is 0 Å². The van der Waals surface area contributed by atoms with E-state index >= 15 is 0 Å². The summed E-state index contributed by atoms with van der Waals surface area (Å²) < 4.78 is 5.74. The van der Waals surface area contributed by atoms with E-state index in [0.717, 1.165) is 31.4 Å². The fourth-order valence-electron chi connectivity index (χ4n) is 2.02. The van der Waals surface area contributed by atoms with Gasteiger partial charge in [0, 0.05) is 0 Å². The third kappa shape index (κ3) is 2.51. The van der Waals surface area contributed by atoms with Crippen LogP contribution in [0.5, 0.6) is 5.75 Å². The number of ether oxygens (including phenoxy) is 1. The maximum absolute atomic E-state index is 9.63. The molecule has 2 heteroatoms. The van der Waals surface area contributed by atoms with Gasteiger partial charge in [-0.25, -0.2) is 0 Å². The average molecular weight is 206 g/mol. The van der Waals surface area contributed by atoms with Gasteiger partial charge in [-0.15, -0.1) is 0 Å². The molecule has 2 nitrogen and oxygen atoms in total. The maximum Gasteiger partial charge on any atom is 0.124 e. The van der Waals surface area contributed by atoms with E-state index < -0.39 is 0 Å². The van der Waals surface area contributed by atoms with Crippen LogP contribution in [0.1, 0.15) is 31.7 Å². The zero-order valence-electron chi connectivity index (χ0n) is 9.15. The number of aliphatic hydroxyl groups is 1. The molecule has 0 heterocycles. The van der Waals surface area contributed by atoms with Crippen molar-refractivity contribution in [3.8, 4) is 5.75 Å². The fraction of sp³-hybridized carbons (Fsp3) is 0.538. The molecule has 82 valence electrons. The summed E-state index contributed by atoms with van der Waals surface area (Å²) in [6.45, 7) is 2.14. The second-order valence-electron chi connectivity index (χ2n) is 4.15. The molecule has 0 amide bonds. The number of benzene rings is 1. The van der Waals surface area contributed by atoms with Gasteiger partial charge >= 0.3 is 0 Å². The summed E-state index contributed by atoms with van der Waals surface area (Å²) >= 11 is 0. The fourth-order valence-corrected chi connectivity index (χ4v) is 2.02. The van der Waals surface area contributed by atoms with Gasteiger partial charge in [0.05, 0.1) is 6.10 Å². The van der Waals surface area contributed by atoms with Crippen molar-refractivity contribution in [2.45, 2.75) is 44.8 Å². The molecule has 1 aliphatic carbocycles. The highest BCUT2D eigenvalue weighted by molar-refractivity contribution is 5.27. The van der Waals surface area contributed by atoms with Crippen LogP contribution in [0.15, 0.2) is 24.3 Å². The van der Waals surface area contributed by atoms with Crippen molar-refractivity contribution in [1.82, 2.24) is 0 Å². The smallest absolute Gasteiger partial charge is 0.124 e. The Kier molecular flexibility index (Phi) is 3.27. The van der Waals surface area contributed by atoms with Crippen LogP contribution in [0, 0.1) is 0 Å². The lowest BCUT2D eigenvalue weighted by atomic mass is 10.2. The standard InChI is InChI=1S/C13H18O2/c1-2-10-6-8-11(9-7-10)15-13-5-3-4-12(13)14/h6-9,12-14H,2-5H2,1H3. The van der Waals surface area contributed by atoms with Gasteiger partial charge < -0.3 is 9.84 Å². The maximum atomic E-state index is 9.63. The summed E-state index contributed by atoms with van der Waals surface area (Å²) in [5.74, 6) is 0.873. The van der Waals surface area contributed by atoms with Crippen molar-refractivity contribution in [1.29, 1.82) is 0 Å². The predicted octanol–water partition coefficient (Wildman–Crippen LogP) is 2.54. The molecule has 0 bridgehead atoms. The lowest BCUT2D eigenvalue weighted by Crippen LogP contribution is -2.25. The van der Waals surface area contributed by atoms with Gasteiger partial charge in [0.25, 0.3) is 0 Å². The summed E-state index contributed by atoms with van der Waals surface area (Å²) in [6, 6.07) is 8.14. The van der Waals surface area contributed by atoms with Gasteiger partial charge in [0.15, 0.2) is 0 Å². The zero-order valence-corrected chi connectivity index (χ0v) is 9.15. The number of aryl methyl sites for hydroxylation is 1. The molecule has 0 aromatic heterocycles. The Bertz CT molecular complexity index is 305. The van der Waals surface area contributed by atoms with E-state index in [1.807, 2.05) is 12.1 Å². The molecule has 2 unspecified atom stereocenters. The first-order valence-corrected chi connectivity index (χ1v) is 5.73. The predicted molar refractivity (Wildman–Crippen MR) is 60.1 cm³/mol. The summed E-state index contributed by atoms with van der Waals surface area (Å²) in [5, 5.41) is 9.63. The Balaban J connectivity index is 1.98. The van der Waals surface area contributed by atoms with Gasteiger partial charge in [-0.1, -0.05) is 19.1 Å². The van der Waals surface area contributed by atoms with E-state index in [9.17, 15) is 5.11 Å². The Hall–Kier alpha value is -1.02. The Morgan fingerprint density at radius 1 is 1.27 bits per heavy atom. The van der Waals surface area contributed by atoms with E-state index in [1.54, 1.807) is 0 Å². The van der Waals surface area contributed by atoms with Gasteiger partial charge in [-0.3, -0.25) is 0 Å². The van der Waals surface area contributed by atoms with E-state index in [-0.39, 0.29) is 12.2 Å². The molecule has 1 aromatic carbocycles. The molecule has 2 rings (SSSR count). The van der Waals surface area contributed by atoms with Crippen molar-refractivity contribution in [2.24, 2.45) is 0 Å². The Labute approximate surface area is 90.9 Å². The molecule has 0 saturated heterocycles. The van der Waals surface area contributed by atoms with E-state index in [2.05, 4.69) is 19.1 Å². The molecule has 0 aliphatic heterocycles. The summed E-state index contributed by atoms with van der Waals surface area (Å²) in [6.07, 6.45) is 3.67. The first-order chi connectivity index (χ1) is 7.29. The molecular formula is C13H18O2. The largest absolute Gasteiger partial charge is 0.488 e. The molecule has 15 heavy (non-hydrogen) atoms. The highest BCUT2D eigenvalue weighted by Crippen LogP contribution is 2.24. The molecule has 0 spiro atoms. The van der Waals surface area contributed by atoms with Crippen molar-refractivity contribution in [3.05, 3.63) is 29.8 Å². The SMILES string of the molecule is CCc1ccc(OC2CCCC2O)cc1. The van der Waals surface area contributed by atoms with Crippen molar-refractivity contribution >= 4 is 0 Å². The second-order valence-corrected chi connectivity index (χ2v) is 4.15. The lowest BCUT2D eigenvalue weighted by Gasteiger charge is -2.17. The second kappa shape index (κ2) is 4.67. The number of hydrogen-bond donors (Lipinski definition) is 1. The van der Waals surface area contributed by atoms with Crippen LogP contribution in [0.3, 0.4) is 0 Å². The zero-order chi connectivity index (χ0) is 10.7. The Morgan fingerprint density at radius 2 is 2.00 bits per heavy atom. The lowest BCUT2D eigenvalue weighted by molar-refractivity contribution is 0.0604. The van der Waals surface area contributed by atoms with Crippen LogP contribution in [0.4, 0.5) is 0 Å². The van der Waals surface area contributed by atoms with Crippen LogP contribution in [0.25, 0.3) is 0 Å². The van der Waals surface area contributed by atoms with Crippen LogP contribution < -0.4 is 4.74 Å². The Morgan fingerprint density at radius 3 is 2.53 bits per heavy atom. The van der Waals surface area contributed by atoms with Crippen LogP contribution in [-0.2, 0) is 6.42 Å². The third-order valence-electron chi connectivity index (χ3n) is 3.04. The first-order valence-electron chi connectivity index (χ1n) is 5.73. The summed E-state index contributed by atoms with van der Waals surface area (Å²) in [5.41, 5.74) is 1.31. The topological polar surface area (TPSA) is 29.5 Å². The third-order valence-corrected chi connectivity index (χ3v) is 3.04. The summed E-state index contributed by atoms with van der Waals surface area (Å²) in [4.78, 5) is 0. The quantitative estimate of drug-likeness (QED) is 0.823. The van der Waals surface area contributed by atoms with Crippen LogP contribution in [0.2, 0.25) is 0 Å². The molecular weight excluding hydrogens is 188 g/mol. The molecule has 1 aliphatic rings. The minimum atomic E-state index is -0.282. The molecule has 1 fully saturated rings. The van der Waals surface area contributed by atoms with Crippen molar-refractivity contribution in [2.75, 3.05) is 0 Å². The highest BCUT2D eigenvalue weighted by atomic mass is 16.5. The van der Waals surface area contributed by atoms with Gasteiger partial charge in [-0.05, 0) is 43.4 Å². The van der Waals surface area contributed by atoms with Gasteiger partial charge in [-0.2, -0.15) is 0 Å². The minimum Gasteiger partial charge on any atom is -0.488 e. The van der Waals surface area contributed by atoms with Crippen molar-refractivity contribution < 1.29 is 9.84 Å². The summed E-state index contributed by atoms with van der Waals surface area (Å²) in [7, 11) is 0. The number of aliphatic hydroxyl groups excluding tert-OH is 1. The normalized spacial score (nSPS) is 25.5. The number of rotatable bonds is 3. The molecule has 2 atom stereocenters. The van der Waals surface area contributed by atoms with E-state index in [1.165, 1.54) is 5.56 Å². The van der Waals surface area contributed by atoms with E-state index in [4.69, 9.17) is 4.74 Å². The average Bonchev–Trinajstić information content (AvgIpc) is 2.66.